The minimum absolute atomic E-state index is 0.407. The van der Waals surface area contributed by atoms with E-state index in [0.717, 1.165) is 28.6 Å². The van der Waals surface area contributed by atoms with E-state index >= 15 is 0 Å². The van der Waals surface area contributed by atoms with Crippen LogP contribution in [0.1, 0.15) is 0 Å². The summed E-state index contributed by atoms with van der Waals surface area (Å²) in [4.78, 5) is 8.50. The number of rotatable bonds is 7. The Labute approximate surface area is 174 Å². The van der Waals surface area contributed by atoms with Crippen LogP contribution in [-0.4, -0.2) is 17.1 Å². The number of nitrogens with two attached hydrogens (primary N) is 1. The number of nitrogen functional groups attached to an aromatic ring is 1. The summed E-state index contributed by atoms with van der Waals surface area (Å²) in [5.74, 6) is 3.27. The average Bonchev–Trinajstić information content (AvgIpc) is 2.79. The number of benzene rings is 3. The molecule has 0 aliphatic heterocycles. The minimum Gasteiger partial charge on any atom is -0.497 e. The number of nitrogens with one attached hydrogen (secondary N) is 2. The number of para-hydroxylation sites is 1. The Bertz CT molecular complexity index is 1120. The highest BCUT2D eigenvalue weighted by atomic mass is 16.5. The SMILES string of the molecule is COc1cccc(Nc2ncnc(Nc3ccc(Oc4ccccc4)cc3)c2N)c1. The van der Waals surface area contributed by atoms with Crippen LogP contribution in [0.2, 0.25) is 0 Å². The van der Waals surface area contributed by atoms with Crippen LogP contribution < -0.4 is 25.8 Å². The molecule has 150 valence electrons. The van der Waals surface area contributed by atoms with Crippen molar-refractivity contribution in [3.8, 4) is 17.2 Å². The van der Waals surface area contributed by atoms with Gasteiger partial charge in [0.15, 0.2) is 11.6 Å². The third-order valence-corrected chi connectivity index (χ3v) is 4.31. The van der Waals surface area contributed by atoms with Gasteiger partial charge in [0, 0.05) is 17.4 Å². The fourth-order valence-corrected chi connectivity index (χ4v) is 2.80. The van der Waals surface area contributed by atoms with E-state index in [1.807, 2.05) is 78.9 Å². The molecule has 0 saturated carbocycles. The van der Waals surface area contributed by atoms with Gasteiger partial charge in [0.05, 0.1) is 7.11 Å². The van der Waals surface area contributed by atoms with E-state index in [1.54, 1.807) is 7.11 Å². The summed E-state index contributed by atoms with van der Waals surface area (Å²) in [6, 6.07) is 24.7. The van der Waals surface area contributed by atoms with E-state index in [0.29, 0.717) is 17.3 Å². The van der Waals surface area contributed by atoms with Gasteiger partial charge in [-0.25, -0.2) is 9.97 Å². The lowest BCUT2D eigenvalue weighted by molar-refractivity contribution is 0.415. The normalized spacial score (nSPS) is 10.3. The molecule has 3 aromatic carbocycles. The number of ether oxygens (including phenoxy) is 2. The van der Waals surface area contributed by atoms with Gasteiger partial charge in [-0.3, -0.25) is 0 Å². The largest absolute Gasteiger partial charge is 0.497 e. The quantitative estimate of drug-likeness (QED) is 0.386. The van der Waals surface area contributed by atoms with Gasteiger partial charge in [0.2, 0.25) is 0 Å². The molecule has 1 heterocycles. The van der Waals surface area contributed by atoms with Crippen molar-refractivity contribution in [2.45, 2.75) is 0 Å². The van der Waals surface area contributed by atoms with E-state index in [9.17, 15) is 0 Å². The van der Waals surface area contributed by atoms with Gasteiger partial charge in [-0.1, -0.05) is 24.3 Å². The molecule has 0 unspecified atom stereocenters. The highest BCUT2D eigenvalue weighted by Gasteiger charge is 2.09. The lowest BCUT2D eigenvalue weighted by Crippen LogP contribution is -2.05. The first kappa shape index (κ1) is 19.1. The van der Waals surface area contributed by atoms with Gasteiger partial charge < -0.3 is 25.8 Å². The molecule has 4 rings (SSSR count). The second-order valence-corrected chi connectivity index (χ2v) is 6.41. The molecule has 30 heavy (non-hydrogen) atoms. The third-order valence-electron chi connectivity index (χ3n) is 4.31. The molecule has 0 spiro atoms. The summed E-state index contributed by atoms with van der Waals surface area (Å²) >= 11 is 0. The van der Waals surface area contributed by atoms with Crippen molar-refractivity contribution in [3.05, 3.63) is 85.2 Å². The maximum atomic E-state index is 6.28. The van der Waals surface area contributed by atoms with E-state index in [4.69, 9.17) is 15.2 Å². The average molecular weight is 399 g/mol. The van der Waals surface area contributed by atoms with Gasteiger partial charge >= 0.3 is 0 Å². The van der Waals surface area contributed by atoms with E-state index < -0.39 is 0 Å². The topological polar surface area (TPSA) is 94.3 Å². The fourth-order valence-electron chi connectivity index (χ4n) is 2.80. The summed E-state index contributed by atoms with van der Waals surface area (Å²) in [5, 5.41) is 6.41. The number of aromatic nitrogens is 2. The Morgan fingerprint density at radius 3 is 2.03 bits per heavy atom. The molecular weight excluding hydrogens is 378 g/mol. The van der Waals surface area contributed by atoms with Crippen LogP contribution in [0.15, 0.2) is 85.2 Å². The number of methoxy groups -OCH3 is 1. The van der Waals surface area contributed by atoms with Crippen LogP contribution in [0, 0.1) is 0 Å². The molecule has 0 amide bonds. The van der Waals surface area contributed by atoms with Crippen molar-refractivity contribution < 1.29 is 9.47 Å². The highest BCUT2D eigenvalue weighted by Crippen LogP contribution is 2.30. The predicted molar refractivity (Wildman–Crippen MR) is 119 cm³/mol. The van der Waals surface area contributed by atoms with Gasteiger partial charge in [0.25, 0.3) is 0 Å². The van der Waals surface area contributed by atoms with Crippen molar-refractivity contribution in [3.63, 3.8) is 0 Å². The lowest BCUT2D eigenvalue weighted by atomic mass is 10.2. The van der Waals surface area contributed by atoms with Crippen LogP contribution in [0.5, 0.6) is 17.2 Å². The number of hydrogen-bond acceptors (Lipinski definition) is 7. The zero-order valence-corrected chi connectivity index (χ0v) is 16.4. The standard InChI is InChI=1S/C23H21N5O2/c1-29-20-9-5-6-17(14-20)28-23-21(24)22(25-15-26-23)27-16-10-12-19(13-11-16)30-18-7-3-2-4-8-18/h2-15H,24H2,1H3,(H2,25,26,27,28). The van der Waals surface area contributed by atoms with Gasteiger partial charge in [-0.15, -0.1) is 0 Å². The first-order chi connectivity index (χ1) is 14.7. The molecule has 0 atom stereocenters. The Morgan fingerprint density at radius 1 is 0.700 bits per heavy atom. The zero-order valence-electron chi connectivity index (χ0n) is 16.4. The van der Waals surface area contributed by atoms with Crippen LogP contribution in [0.4, 0.5) is 28.7 Å². The van der Waals surface area contributed by atoms with Crippen molar-refractivity contribution in [2.24, 2.45) is 0 Å². The summed E-state index contributed by atoms with van der Waals surface area (Å²) in [6.45, 7) is 0. The Morgan fingerprint density at radius 2 is 1.33 bits per heavy atom. The fraction of sp³-hybridized carbons (Fsp3) is 0.0435. The third kappa shape index (κ3) is 4.59. The molecule has 0 saturated heterocycles. The number of hydrogen-bond donors (Lipinski definition) is 3. The molecule has 4 aromatic rings. The van der Waals surface area contributed by atoms with Crippen LogP contribution in [0.3, 0.4) is 0 Å². The molecule has 7 nitrogen and oxygen atoms in total. The highest BCUT2D eigenvalue weighted by molar-refractivity contribution is 5.80. The van der Waals surface area contributed by atoms with Gasteiger partial charge in [-0.05, 0) is 48.5 Å². The zero-order chi connectivity index (χ0) is 20.8. The molecule has 4 N–H and O–H groups in total. The van der Waals surface area contributed by atoms with Crippen LogP contribution in [0.25, 0.3) is 0 Å². The molecule has 0 radical (unpaired) electrons. The molecular formula is C23H21N5O2. The molecule has 1 aromatic heterocycles. The summed E-state index contributed by atoms with van der Waals surface area (Å²) in [7, 11) is 1.62. The van der Waals surface area contributed by atoms with Crippen molar-refractivity contribution in [2.75, 3.05) is 23.5 Å². The predicted octanol–water partition coefficient (Wildman–Crippen LogP) is 5.35. The molecule has 0 aliphatic rings. The summed E-state index contributed by atoms with van der Waals surface area (Å²) in [6.07, 6.45) is 1.45. The first-order valence-electron chi connectivity index (χ1n) is 9.33. The molecule has 0 aliphatic carbocycles. The lowest BCUT2D eigenvalue weighted by Gasteiger charge is -2.13. The van der Waals surface area contributed by atoms with Crippen molar-refractivity contribution in [1.29, 1.82) is 0 Å². The number of anilines is 5. The monoisotopic (exact) mass is 399 g/mol. The van der Waals surface area contributed by atoms with Crippen molar-refractivity contribution in [1.82, 2.24) is 9.97 Å². The van der Waals surface area contributed by atoms with E-state index in [2.05, 4.69) is 20.6 Å². The Kier molecular flexibility index (Phi) is 5.61. The van der Waals surface area contributed by atoms with Gasteiger partial charge in [-0.2, -0.15) is 0 Å². The smallest absolute Gasteiger partial charge is 0.159 e. The molecule has 7 heteroatoms. The van der Waals surface area contributed by atoms with Gasteiger partial charge in [0.1, 0.15) is 29.3 Å². The number of nitrogens with zero attached hydrogens (tertiary/aromatic N) is 2. The maximum absolute atomic E-state index is 6.28. The minimum atomic E-state index is 0.407. The Balaban J connectivity index is 1.47. The van der Waals surface area contributed by atoms with E-state index in [1.165, 1.54) is 6.33 Å². The summed E-state index contributed by atoms with van der Waals surface area (Å²) in [5.41, 5.74) is 8.32. The molecule has 0 fully saturated rings. The summed E-state index contributed by atoms with van der Waals surface area (Å²) < 4.78 is 11.1. The van der Waals surface area contributed by atoms with E-state index in [-0.39, 0.29) is 0 Å². The maximum Gasteiger partial charge on any atom is 0.159 e. The second kappa shape index (κ2) is 8.83. The van der Waals surface area contributed by atoms with Crippen molar-refractivity contribution >= 4 is 28.7 Å². The van der Waals surface area contributed by atoms with Crippen LogP contribution >= 0.6 is 0 Å². The molecule has 0 bridgehead atoms. The Hall–Kier alpha value is -4.26. The van der Waals surface area contributed by atoms with Crippen LogP contribution in [-0.2, 0) is 0 Å². The second-order valence-electron chi connectivity index (χ2n) is 6.41. The first-order valence-corrected chi connectivity index (χ1v) is 9.33.